The molecule has 0 aliphatic carbocycles. The van der Waals surface area contributed by atoms with E-state index in [2.05, 4.69) is 34.8 Å². The van der Waals surface area contributed by atoms with E-state index in [4.69, 9.17) is 4.98 Å². The third kappa shape index (κ3) is 3.93. The zero-order chi connectivity index (χ0) is 25.8. The van der Waals surface area contributed by atoms with Gasteiger partial charge in [0.15, 0.2) is 5.84 Å². The van der Waals surface area contributed by atoms with Gasteiger partial charge in [-0.25, -0.2) is 10.1 Å². The van der Waals surface area contributed by atoms with E-state index in [0.29, 0.717) is 35.5 Å². The highest BCUT2D eigenvalue weighted by Gasteiger charge is 2.36. The maximum Gasteiger partial charge on any atom is 0.262 e. The van der Waals surface area contributed by atoms with Crippen molar-refractivity contribution in [1.29, 1.82) is 0 Å². The molecule has 2 aromatic carbocycles. The molecule has 0 saturated heterocycles. The summed E-state index contributed by atoms with van der Waals surface area (Å²) in [6.07, 6.45) is 3.00. The van der Waals surface area contributed by atoms with Gasteiger partial charge in [0, 0.05) is 43.2 Å². The number of hydrazine groups is 2. The van der Waals surface area contributed by atoms with Gasteiger partial charge in [-0.05, 0) is 36.1 Å². The van der Waals surface area contributed by atoms with Gasteiger partial charge in [0.25, 0.3) is 5.56 Å². The maximum absolute atomic E-state index is 14.0. The molecule has 4 aromatic rings. The molecule has 2 aliphatic heterocycles. The normalized spacial score (nSPS) is 19.6. The van der Waals surface area contributed by atoms with Crippen LogP contribution in [0.5, 0.6) is 0 Å². The van der Waals surface area contributed by atoms with Gasteiger partial charge in [-0.3, -0.25) is 19.2 Å². The molecule has 10 heteroatoms. The largest absolute Gasteiger partial charge is 0.361 e. The fourth-order valence-electron chi connectivity index (χ4n) is 5.43. The molecular weight excluding hydrogens is 468 g/mol. The summed E-state index contributed by atoms with van der Waals surface area (Å²) < 4.78 is 1.63. The van der Waals surface area contributed by atoms with Crippen molar-refractivity contribution >= 4 is 33.5 Å². The van der Waals surface area contributed by atoms with E-state index in [1.165, 1.54) is 0 Å². The summed E-state index contributed by atoms with van der Waals surface area (Å²) >= 11 is 0. The number of fused-ring (bicyclic) bond motifs is 3. The predicted molar refractivity (Wildman–Crippen MR) is 143 cm³/mol. The Morgan fingerprint density at radius 2 is 1.86 bits per heavy atom. The van der Waals surface area contributed by atoms with Crippen LogP contribution in [0.2, 0.25) is 0 Å². The highest BCUT2D eigenvalue weighted by molar-refractivity contribution is 6.01. The Bertz CT molecular complexity index is 1620. The number of aromatic nitrogens is 3. The predicted octanol–water partition coefficient (Wildman–Crippen LogP) is 2.84. The standard InChI is InChI=1S/C27H30N8O2/c1-15(2)11-22-25-29-21-12-16(24-31-34(4)32-33(24)3)9-10-19(21)27(37)35(25)23(26(36)30-22)13-17-14-28-20-8-6-5-7-18(17)20/h5-10,12,14-15,22-23,28,32H,11,13H2,1-4H3,(H,30,36)/t22-,23+/m0/s1. The van der Waals surface area contributed by atoms with Gasteiger partial charge in [0.1, 0.15) is 11.9 Å². The summed E-state index contributed by atoms with van der Waals surface area (Å²) in [5, 5.41) is 12.6. The number of nitrogens with zero attached hydrogens (tertiary/aromatic N) is 5. The molecular formula is C27H30N8O2. The van der Waals surface area contributed by atoms with Gasteiger partial charge >= 0.3 is 0 Å². The number of aromatic amines is 1. The van der Waals surface area contributed by atoms with Crippen molar-refractivity contribution in [3.05, 3.63) is 76.0 Å². The highest BCUT2D eigenvalue weighted by atomic mass is 16.2. The van der Waals surface area contributed by atoms with Crippen molar-refractivity contribution in [3.63, 3.8) is 0 Å². The van der Waals surface area contributed by atoms with Crippen molar-refractivity contribution in [1.82, 2.24) is 35.5 Å². The smallest absolute Gasteiger partial charge is 0.262 e. The van der Waals surface area contributed by atoms with Gasteiger partial charge in [-0.15, -0.1) is 10.6 Å². The van der Waals surface area contributed by atoms with E-state index in [1.54, 1.807) is 15.8 Å². The molecule has 1 amide bonds. The first kappa shape index (κ1) is 23.2. The van der Waals surface area contributed by atoms with E-state index in [0.717, 1.165) is 27.9 Å². The molecule has 4 heterocycles. The number of rotatable bonds is 5. The molecule has 190 valence electrons. The Morgan fingerprint density at radius 1 is 1.05 bits per heavy atom. The molecule has 37 heavy (non-hydrogen) atoms. The number of carbonyl (C=O) groups is 1. The zero-order valence-electron chi connectivity index (χ0n) is 21.3. The summed E-state index contributed by atoms with van der Waals surface area (Å²) in [4.78, 5) is 35.7. The number of amidine groups is 1. The number of hydrogen-bond acceptors (Lipinski definition) is 7. The molecule has 0 saturated carbocycles. The van der Waals surface area contributed by atoms with Crippen molar-refractivity contribution in [2.75, 3.05) is 14.1 Å². The highest BCUT2D eigenvalue weighted by Crippen LogP contribution is 2.31. The second kappa shape index (κ2) is 8.74. The molecule has 2 atom stereocenters. The van der Waals surface area contributed by atoms with Crippen LogP contribution in [0.25, 0.3) is 21.8 Å². The average molecular weight is 499 g/mol. The topological polar surface area (TPSA) is 111 Å². The zero-order valence-corrected chi connectivity index (χ0v) is 21.3. The number of benzene rings is 2. The molecule has 2 aromatic heterocycles. The third-order valence-corrected chi connectivity index (χ3v) is 7.08. The van der Waals surface area contributed by atoms with Gasteiger partial charge in [0.2, 0.25) is 5.91 Å². The summed E-state index contributed by atoms with van der Waals surface area (Å²) in [5.74, 6) is 1.49. The molecule has 0 bridgehead atoms. The molecule has 2 aliphatic rings. The van der Waals surface area contributed by atoms with E-state index in [9.17, 15) is 9.59 Å². The fourth-order valence-corrected chi connectivity index (χ4v) is 5.43. The number of H-pyrrole nitrogens is 1. The lowest BCUT2D eigenvalue weighted by Crippen LogP contribution is -2.48. The third-order valence-electron chi connectivity index (χ3n) is 7.08. The van der Waals surface area contributed by atoms with E-state index in [1.807, 2.05) is 61.7 Å². The van der Waals surface area contributed by atoms with E-state index < -0.39 is 6.04 Å². The minimum atomic E-state index is -0.690. The molecule has 3 N–H and O–H groups in total. The van der Waals surface area contributed by atoms with Gasteiger partial charge in [-0.2, -0.15) is 0 Å². The average Bonchev–Trinajstić information content (AvgIpc) is 3.43. The number of hydrogen-bond donors (Lipinski definition) is 3. The Hall–Kier alpha value is -4.18. The first-order chi connectivity index (χ1) is 17.8. The lowest BCUT2D eigenvalue weighted by molar-refractivity contribution is -0.126. The quantitative estimate of drug-likeness (QED) is 0.390. The summed E-state index contributed by atoms with van der Waals surface area (Å²) in [6.45, 7) is 4.20. The van der Waals surface area contributed by atoms with Crippen LogP contribution in [0, 0.1) is 5.92 Å². The number of hydrazone groups is 1. The van der Waals surface area contributed by atoms with E-state index in [-0.39, 0.29) is 17.5 Å². The van der Waals surface area contributed by atoms with Crippen LogP contribution in [0.1, 0.15) is 49.3 Å². The summed E-state index contributed by atoms with van der Waals surface area (Å²) in [7, 11) is 3.70. The van der Waals surface area contributed by atoms with Crippen LogP contribution in [-0.2, 0) is 11.2 Å². The van der Waals surface area contributed by atoms with Crippen LogP contribution >= 0.6 is 0 Å². The second-order valence-corrected chi connectivity index (χ2v) is 10.3. The van der Waals surface area contributed by atoms with Gasteiger partial charge in [0.05, 0.1) is 16.9 Å². The number of nitrogens with one attached hydrogen (secondary N) is 3. The van der Waals surface area contributed by atoms with Crippen molar-refractivity contribution in [3.8, 4) is 0 Å². The molecule has 6 rings (SSSR count). The lowest BCUT2D eigenvalue weighted by atomic mass is 9.96. The lowest BCUT2D eigenvalue weighted by Gasteiger charge is -2.33. The van der Waals surface area contributed by atoms with Crippen LogP contribution in [0.4, 0.5) is 0 Å². The SMILES string of the molecule is CC(C)C[C@@H]1NC(=O)[C@@H](Cc2c[nH]c3ccccc23)n2c1nc1cc(C3=NN(C)NN3C)ccc1c2=O. The van der Waals surface area contributed by atoms with Crippen LogP contribution in [-0.4, -0.2) is 50.5 Å². The Labute approximate surface area is 213 Å². The molecule has 0 spiro atoms. The maximum atomic E-state index is 14.0. The van der Waals surface area contributed by atoms with Crippen LogP contribution in [0.3, 0.4) is 0 Å². The van der Waals surface area contributed by atoms with E-state index >= 15 is 0 Å². The van der Waals surface area contributed by atoms with Crippen molar-refractivity contribution in [2.24, 2.45) is 11.0 Å². The summed E-state index contributed by atoms with van der Waals surface area (Å²) in [6, 6.07) is 12.5. The molecule has 0 radical (unpaired) electrons. The first-order valence-electron chi connectivity index (χ1n) is 12.5. The Kier molecular flexibility index (Phi) is 5.49. The molecule has 0 fully saturated rings. The Morgan fingerprint density at radius 3 is 2.62 bits per heavy atom. The van der Waals surface area contributed by atoms with Crippen molar-refractivity contribution in [2.45, 2.75) is 38.8 Å². The minimum Gasteiger partial charge on any atom is -0.361 e. The molecule has 0 unspecified atom stereocenters. The monoisotopic (exact) mass is 498 g/mol. The van der Waals surface area contributed by atoms with Crippen LogP contribution in [0.15, 0.2) is 58.6 Å². The van der Waals surface area contributed by atoms with Crippen LogP contribution < -0.4 is 16.4 Å². The number of carbonyl (C=O) groups excluding carboxylic acids is 1. The molecule has 10 nitrogen and oxygen atoms in total. The van der Waals surface area contributed by atoms with Gasteiger partial charge in [-0.1, -0.05) is 38.1 Å². The minimum absolute atomic E-state index is 0.153. The summed E-state index contributed by atoms with van der Waals surface area (Å²) in [5.41, 5.74) is 6.31. The second-order valence-electron chi connectivity index (χ2n) is 10.3. The number of para-hydroxylation sites is 1. The first-order valence-corrected chi connectivity index (χ1v) is 12.5. The fraction of sp³-hybridized carbons (Fsp3) is 0.333. The Balaban J connectivity index is 1.50. The number of amides is 1. The van der Waals surface area contributed by atoms with Gasteiger partial charge < -0.3 is 10.3 Å². The van der Waals surface area contributed by atoms with Crippen molar-refractivity contribution < 1.29 is 4.79 Å².